The van der Waals surface area contributed by atoms with Crippen LogP contribution >= 0.6 is 0 Å². The van der Waals surface area contributed by atoms with Gasteiger partial charge in [0.2, 0.25) is 5.91 Å². The first-order valence-electron chi connectivity index (χ1n) is 12.0. The molecule has 2 rings (SSSR count). The summed E-state index contributed by atoms with van der Waals surface area (Å²) in [5, 5.41) is 3.19. The van der Waals surface area contributed by atoms with Gasteiger partial charge in [-0.05, 0) is 31.1 Å². The van der Waals surface area contributed by atoms with Crippen molar-refractivity contribution in [2.24, 2.45) is 11.8 Å². The SMILES string of the molecule is CCCCCN(CC(=O)N[C@@H]1CCC[C@H](C)[C@H]1C)c1c(N)n(CCCC)c(=O)[nH]c1=O. The predicted octanol–water partition coefficient (Wildman–Crippen LogP) is 2.86. The van der Waals surface area contributed by atoms with Crippen molar-refractivity contribution in [2.75, 3.05) is 23.7 Å². The lowest BCUT2D eigenvalue weighted by Gasteiger charge is -2.35. The van der Waals surface area contributed by atoms with E-state index in [0.29, 0.717) is 24.9 Å². The van der Waals surface area contributed by atoms with Crippen LogP contribution in [0.15, 0.2) is 9.59 Å². The van der Waals surface area contributed by atoms with Crippen LogP contribution in [0.5, 0.6) is 0 Å². The molecule has 1 saturated carbocycles. The topological polar surface area (TPSA) is 113 Å². The second-order valence-electron chi connectivity index (χ2n) is 9.07. The van der Waals surface area contributed by atoms with Crippen LogP contribution in [0.25, 0.3) is 0 Å². The summed E-state index contributed by atoms with van der Waals surface area (Å²) in [5.41, 5.74) is 5.50. The summed E-state index contributed by atoms with van der Waals surface area (Å²) < 4.78 is 1.41. The molecule has 1 aliphatic rings. The van der Waals surface area contributed by atoms with Crippen molar-refractivity contribution in [1.29, 1.82) is 0 Å². The van der Waals surface area contributed by atoms with E-state index < -0.39 is 11.2 Å². The van der Waals surface area contributed by atoms with E-state index in [9.17, 15) is 14.4 Å². The molecule has 0 bridgehead atoms. The molecular formula is C23H41N5O3. The lowest BCUT2D eigenvalue weighted by atomic mass is 9.78. The lowest BCUT2D eigenvalue weighted by Crippen LogP contribution is -2.49. The first-order chi connectivity index (χ1) is 14.8. The van der Waals surface area contributed by atoms with Gasteiger partial charge in [-0.2, -0.15) is 0 Å². The second kappa shape index (κ2) is 12.0. The Morgan fingerprint density at radius 3 is 2.55 bits per heavy atom. The number of nitrogen functional groups attached to an aromatic ring is 1. The van der Waals surface area contributed by atoms with Crippen molar-refractivity contribution in [3.63, 3.8) is 0 Å². The number of aromatic amines is 1. The normalized spacial score (nSPS) is 21.1. The number of anilines is 2. The van der Waals surface area contributed by atoms with Crippen molar-refractivity contribution in [1.82, 2.24) is 14.9 Å². The van der Waals surface area contributed by atoms with Crippen LogP contribution in [0.3, 0.4) is 0 Å². The maximum atomic E-state index is 13.0. The smallest absolute Gasteiger partial charge is 0.330 e. The summed E-state index contributed by atoms with van der Waals surface area (Å²) in [7, 11) is 0. The van der Waals surface area contributed by atoms with Gasteiger partial charge in [0.15, 0.2) is 0 Å². The Balaban J connectivity index is 2.26. The monoisotopic (exact) mass is 435 g/mol. The Kier molecular flexibility index (Phi) is 9.65. The first kappa shape index (κ1) is 25.0. The van der Waals surface area contributed by atoms with E-state index in [2.05, 4.69) is 31.1 Å². The Bertz CT molecular complexity index is 831. The van der Waals surface area contributed by atoms with Crippen LogP contribution in [-0.2, 0) is 11.3 Å². The van der Waals surface area contributed by atoms with E-state index in [1.54, 1.807) is 4.90 Å². The molecule has 1 aromatic rings. The van der Waals surface area contributed by atoms with Gasteiger partial charge in [0.1, 0.15) is 11.5 Å². The maximum Gasteiger partial charge on any atom is 0.330 e. The van der Waals surface area contributed by atoms with Gasteiger partial charge in [-0.1, -0.05) is 59.8 Å². The van der Waals surface area contributed by atoms with Gasteiger partial charge in [-0.25, -0.2) is 4.79 Å². The molecule has 1 aliphatic carbocycles. The summed E-state index contributed by atoms with van der Waals surface area (Å²) in [4.78, 5) is 42.1. The number of carbonyl (C=O) groups is 1. The van der Waals surface area contributed by atoms with Gasteiger partial charge in [0.05, 0.1) is 6.54 Å². The van der Waals surface area contributed by atoms with Crippen LogP contribution in [0.4, 0.5) is 11.5 Å². The first-order valence-corrected chi connectivity index (χ1v) is 12.0. The van der Waals surface area contributed by atoms with Crippen molar-refractivity contribution in [3.05, 3.63) is 20.8 Å². The van der Waals surface area contributed by atoms with E-state index in [1.807, 2.05) is 6.92 Å². The van der Waals surface area contributed by atoms with Gasteiger partial charge in [-0.3, -0.25) is 19.1 Å². The fourth-order valence-electron chi connectivity index (χ4n) is 4.46. The summed E-state index contributed by atoms with van der Waals surface area (Å²) in [6.07, 6.45) is 7.84. The number of nitrogens with one attached hydrogen (secondary N) is 2. The molecule has 0 aromatic carbocycles. The van der Waals surface area contributed by atoms with Gasteiger partial charge in [0.25, 0.3) is 5.56 Å². The largest absolute Gasteiger partial charge is 0.383 e. The highest BCUT2D eigenvalue weighted by molar-refractivity contribution is 5.82. The van der Waals surface area contributed by atoms with E-state index in [0.717, 1.165) is 44.9 Å². The van der Waals surface area contributed by atoms with Crippen molar-refractivity contribution in [3.8, 4) is 0 Å². The Hall–Kier alpha value is -2.25. The third-order valence-corrected chi connectivity index (χ3v) is 6.68. The summed E-state index contributed by atoms with van der Waals surface area (Å²) in [6.45, 7) is 9.60. The van der Waals surface area contributed by atoms with Crippen LogP contribution < -0.4 is 27.2 Å². The Morgan fingerprint density at radius 2 is 1.87 bits per heavy atom. The quantitative estimate of drug-likeness (QED) is 0.463. The Labute approximate surface area is 185 Å². The lowest BCUT2D eigenvalue weighted by molar-refractivity contribution is -0.121. The number of aromatic nitrogens is 2. The summed E-state index contributed by atoms with van der Waals surface area (Å²) in [6, 6.07) is 0.155. The van der Waals surface area contributed by atoms with Gasteiger partial charge in [0, 0.05) is 19.1 Å². The molecule has 3 atom stereocenters. The zero-order chi connectivity index (χ0) is 23.0. The molecular weight excluding hydrogens is 394 g/mol. The standard InChI is InChI=1S/C23H41N5O3/c1-5-7-9-13-27(15-19(29)25-18-12-10-11-16(3)17(18)4)20-21(24)28(14-8-6-2)23(31)26-22(20)30/h16-18H,5-15,24H2,1-4H3,(H,25,29)(H,26,30,31)/t16-,17+,18+/m0/s1. The number of amides is 1. The predicted molar refractivity (Wildman–Crippen MR) is 126 cm³/mol. The number of H-pyrrole nitrogens is 1. The van der Waals surface area contributed by atoms with Crippen LogP contribution in [-0.4, -0.2) is 34.6 Å². The van der Waals surface area contributed by atoms with E-state index in [-0.39, 0.29) is 30.0 Å². The molecule has 1 amide bonds. The van der Waals surface area contributed by atoms with Gasteiger partial charge in [-0.15, -0.1) is 0 Å². The molecule has 31 heavy (non-hydrogen) atoms. The molecule has 1 fully saturated rings. The number of hydrogen-bond acceptors (Lipinski definition) is 5. The number of carbonyl (C=O) groups excluding carboxylic acids is 1. The fraction of sp³-hybridized carbons (Fsp3) is 0.783. The average molecular weight is 436 g/mol. The van der Waals surface area contributed by atoms with Crippen LogP contribution in [0.2, 0.25) is 0 Å². The average Bonchev–Trinajstić information content (AvgIpc) is 2.71. The van der Waals surface area contributed by atoms with E-state index in [1.165, 1.54) is 11.0 Å². The highest BCUT2D eigenvalue weighted by Gasteiger charge is 2.29. The van der Waals surface area contributed by atoms with Crippen molar-refractivity contribution >= 4 is 17.4 Å². The number of unbranched alkanes of at least 4 members (excludes halogenated alkanes) is 3. The molecule has 1 heterocycles. The van der Waals surface area contributed by atoms with E-state index >= 15 is 0 Å². The van der Waals surface area contributed by atoms with Gasteiger partial charge < -0.3 is 16.0 Å². The molecule has 0 radical (unpaired) electrons. The minimum absolute atomic E-state index is 0.0561. The summed E-state index contributed by atoms with van der Waals surface area (Å²) in [5.74, 6) is 1.05. The highest BCUT2D eigenvalue weighted by atomic mass is 16.2. The maximum absolute atomic E-state index is 13.0. The molecule has 0 unspecified atom stereocenters. The van der Waals surface area contributed by atoms with Crippen molar-refractivity contribution in [2.45, 2.75) is 91.6 Å². The second-order valence-corrected chi connectivity index (χ2v) is 9.07. The number of rotatable bonds is 11. The number of nitrogens with two attached hydrogens (primary N) is 1. The van der Waals surface area contributed by atoms with Crippen molar-refractivity contribution < 1.29 is 4.79 Å². The minimum atomic E-state index is -0.529. The summed E-state index contributed by atoms with van der Waals surface area (Å²) >= 11 is 0. The number of hydrogen-bond donors (Lipinski definition) is 3. The molecule has 0 aliphatic heterocycles. The van der Waals surface area contributed by atoms with E-state index in [4.69, 9.17) is 5.73 Å². The number of nitrogens with zero attached hydrogens (tertiary/aromatic N) is 2. The third kappa shape index (κ3) is 6.61. The molecule has 176 valence electrons. The Morgan fingerprint density at radius 1 is 1.16 bits per heavy atom. The minimum Gasteiger partial charge on any atom is -0.383 e. The van der Waals surface area contributed by atoms with Crippen LogP contribution in [0, 0.1) is 11.8 Å². The molecule has 8 nitrogen and oxygen atoms in total. The molecule has 8 heteroatoms. The highest BCUT2D eigenvalue weighted by Crippen LogP contribution is 2.29. The zero-order valence-electron chi connectivity index (χ0n) is 19.7. The third-order valence-electron chi connectivity index (χ3n) is 6.68. The fourth-order valence-corrected chi connectivity index (χ4v) is 4.46. The molecule has 0 saturated heterocycles. The molecule has 4 N–H and O–H groups in total. The van der Waals surface area contributed by atoms with Gasteiger partial charge >= 0.3 is 5.69 Å². The van der Waals surface area contributed by atoms with Crippen LogP contribution in [0.1, 0.15) is 79.1 Å². The molecule has 0 spiro atoms. The molecule has 1 aromatic heterocycles. The zero-order valence-corrected chi connectivity index (χ0v) is 19.7.